The molecule has 0 fully saturated rings. The molecular formula is C25H31N5O5S2. The Morgan fingerprint density at radius 2 is 1.86 bits per heavy atom. The Kier molecular flexibility index (Phi) is 9.70. The van der Waals surface area contributed by atoms with Crippen LogP contribution in [0.15, 0.2) is 29.4 Å². The highest BCUT2D eigenvalue weighted by molar-refractivity contribution is 7.99. The van der Waals surface area contributed by atoms with Crippen LogP contribution in [0.4, 0.5) is 5.00 Å². The van der Waals surface area contributed by atoms with Crippen LogP contribution in [-0.2, 0) is 29.1 Å². The molecule has 0 radical (unpaired) electrons. The maximum Gasteiger partial charge on any atom is 0.341 e. The number of nitrogens with two attached hydrogens (primary N) is 1. The molecule has 2 amide bonds. The number of hydrogen-bond acceptors (Lipinski definition) is 9. The number of aryl methyl sites for hydroxylation is 1. The first-order valence-corrected chi connectivity index (χ1v) is 13.6. The van der Waals surface area contributed by atoms with E-state index in [0.29, 0.717) is 23.1 Å². The van der Waals surface area contributed by atoms with Crippen molar-refractivity contribution in [1.29, 1.82) is 0 Å². The number of primary amides is 1. The van der Waals surface area contributed by atoms with Crippen LogP contribution >= 0.6 is 23.1 Å². The third-order valence-electron chi connectivity index (χ3n) is 5.31. The number of thioether (sulfide) groups is 1. The van der Waals surface area contributed by atoms with Gasteiger partial charge in [-0.05, 0) is 57.4 Å². The molecule has 0 saturated carbocycles. The number of nitrogens with zero attached hydrogens (tertiary/aromatic N) is 3. The molecule has 10 nitrogen and oxygen atoms in total. The highest BCUT2D eigenvalue weighted by atomic mass is 32.2. The van der Waals surface area contributed by atoms with Crippen molar-refractivity contribution in [2.24, 2.45) is 5.73 Å². The van der Waals surface area contributed by atoms with Gasteiger partial charge in [0, 0.05) is 6.54 Å². The monoisotopic (exact) mass is 545 g/mol. The average molecular weight is 546 g/mol. The molecule has 0 unspecified atom stereocenters. The van der Waals surface area contributed by atoms with E-state index in [1.807, 2.05) is 35.8 Å². The van der Waals surface area contributed by atoms with Crippen LogP contribution in [0, 0.1) is 6.92 Å². The summed E-state index contributed by atoms with van der Waals surface area (Å²) in [6.45, 7) is 9.93. The lowest BCUT2D eigenvalue weighted by atomic mass is 10.1. The van der Waals surface area contributed by atoms with Gasteiger partial charge in [-0.15, -0.1) is 21.5 Å². The number of hydrogen-bond donors (Lipinski definition) is 2. The summed E-state index contributed by atoms with van der Waals surface area (Å²) >= 11 is 2.16. The molecule has 198 valence electrons. The van der Waals surface area contributed by atoms with Gasteiger partial charge in [0.05, 0.1) is 22.3 Å². The van der Waals surface area contributed by atoms with E-state index in [-0.39, 0.29) is 39.8 Å². The highest BCUT2D eigenvalue weighted by Gasteiger charge is 2.26. The number of anilines is 1. The summed E-state index contributed by atoms with van der Waals surface area (Å²) in [4.78, 5) is 37.4. The topological polar surface area (TPSA) is 138 Å². The van der Waals surface area contributed by atoms with Gasteiger partial charge in [-0.25, -0.2) is 4.79 Å². The third-order valence-corrected chi connectivity index (χ3v) is 7.50. The van der Waals surface area contributed by atoms with Crippen molar-refractivity contribution in [2.45, 2.75) is 65.5 Å². The van der Waals surface area contributed by atoms with Crippen LogP contribution in [0.1, 0.15) is 64.7 Å². The first-order valence-electron chi connectivity index (χ1n) is 11.8. The number of thiophene rings is 1. The fourth-order valence-electron chi connectivity index (χ4n) is 3.47. The molecule has 0 aliphatic heterocycles. The average Bonchev–Trinajstić information content (AvgIpc) is 3.40. The Morgan fingerprint density at radius 3 is 2.46 bits per heavy atom. The Hall–Kier alpha value is -3.38. The van der Waals surface area contributed by atoms with E-state index in [1.54, 1.807) is 20.8 Å². The van der Waals surface area contributed by atoms with Crippen molar-refractivity contribution in [3.05, 3.63) is 51.7 Å². The van der Waals surface area contributed by atoms with E-state index in [1.165, 1.54) is 17.3 Å². The first kappa shape index (κ1) is 28.2. The number of carbonyl (C=O) groups excluding carboxylic acids is 3. The van der Waals surface area contributed by atoms with Crippen molar-refractivity contribution in [3.63, 3.8) is 0 Å². The third kappa shape index (κ3) is 7.10. The lowest BCUT2D eigenvalue weighted by Crippen LogP contribution is -2.18. The van der Waals surface area contributed by atoms with Gasteiger partial charge in [-0.3, -0.25) is 9.59 Å². The molecule has 2 heterocycles. The molecule has 0 saturated heterocycles. The van der Waals surface area contributed by atoms with Crippen molar-refractivity contribution < 1.29 is 23.9 Å². The van der Waals surface area contributed by atoms with Crippen LogP contribution in [0.25, 0.3) is 0 Å². The van der Waals surface area contributed by atoms with Gasteiger partial charge in [0.1, 0.15) is 17.4 Å². The fraction of sp³-hybridized carbons (Fsp3) is 0.400. The van der Waals surface area contributed by atoms with Crippen molar-refractivity contribution in [3.8, 4) is 5.75 Å². The number of aromatic nitrogens is 3. The minimum Gasteiger partial charge on any atom is -0.486 e. The van der Waals surface area contributed by atoms with Crippen molar-refractivity contribution >= 4 is 45.9 Å². The number of carbonyl (C=O) groups is 3. The van der Waals surface area contributed by atoms with Crippen LogP contribution in [0.3, 0.4) is 0 Å². The zero-order valence-corrected chi connectivity index (χ0v) is 23.1. The standard InChI is InChI=1S/C25H31N5O5S2/c1-6-16-8-10-17(11-9-16)34-12-18-28-29-25(30(18)7-2)36-13-19(31)27-23-20(24(33)35-14(3)4)15(5)21(37-23)22(26)32/h8-11,14H,6-7,12-13H2,1-5H3,(H2,26,32)(H,27,31). The molecule has 0 aliphatic rings. The summed E-state index contributed by atoms with van der Waals surface area (Å²) < 4.78 is 13.0. The molecule has 37 heavy (non-hydrogen) atoms. The highest BCUT2D eigenvalue weighted by Crippen LogP contribution is 2.34. The largest absolute Gasteiger partial charge is 0.486 e. The lowest BCUT2D eigenvalue weighted by Gasteiger charge is -2.11. The van der Waals surface area contributed by atoms with E-state index < -0.39 is 11.9 Å². The second-order valence-corrected chi connectivity index (χ2v) is 10.3. The Bertz CT molecular complexity index is 1270. The molecule has 0 atom stereocenters. The minimum atomic E-state index is -0.678. The van der Waals surface area contributed by atoms with Crippen LogP contribution < -0.4 is 15.8 Å². The summed E-state index contributed by atoms with van der Waals surface area (Å²) in [5, 5.41) is 11.9. The van der Waals surface area contributed by atoms with Crippen molar-refractivity contribution in [2.75, 3.05) is 11.1 Å². The molecule has 0 aliphatic carbocycles. The van der Waals surface area contributed by atoms with Gasteiger partial charge in [-0.1, -0.05) is 30.8 Å². The second-order valence-electron chi connectivity index (χ2n) is 8.34. The Labute approximate surface area is 223 Å². The first-order chi connectivity index (χ1) is 17.6. The number of ether oxygens (including phenoxy) is 2. The molecule has 1 aromatic carbocycles. The molecule has 0 spiro atoms. The number of esters is 1. The van der Waals surface area contributed by atoms with Gasteiger partial charge in [0.15, 0.2) is 11.0 Å². The fourth-order valence-corrected chi connectivity index (χ4v) is 5.35. The Balaban J connectivity index is 1.67. The van der Waals surface area contributed by atoms with Gasteiger partial charge >= 0.3 is 5.97 Å². The molecule has 3 aromatic rings. The van der Waals surface area contributed by atoms with Gasteiger partial charge in [0.25, 0.3) is 5.91 Å². The molecule has 2 aromatic heterocycles. The summed E-state index contributed by atoms with van der Waals surface area (Å²) in [6.07, 6.45) is 0.595. The van der Waals surface area contributed by atoms with E-state index in [2.05, 4.69) is 22.4 Å². The smallest absolute Gasteiger partial charge is 0.341 e. The molecule has 12 heteroatoms. The molecule has 0 bridgehead atoms. The molecule has 3 rings (SSSR count). The molecular weight excluding hydrogens is 514 g/mol. The number of amides is 2. The number of benzene rings is 1. The predicted molar refractivity (Wildman–Crippen MR) is 143 cm³/mol. The van der Waals surface area contributed by atoms with Gasteiger partial charge in [0.2, 0.25) is 5.91 Å². The predicted octanol–water partition coefficient (Wildman–Crippen LogP) is 4.20. The lowest BCUT2D eigenvalue weighted by molar-refractivity contribution is -0.113. The minimum absolute atomic E-state index is 0.0129. The summed E-state index contributed by atoms with van der Waals surface area (Å²) in [6, 6.07) is 7.89. The quantitative estimate of drug-likeness (QED) is 0.255. The van der Waals surface area contributed by atoms with Crippen LogP contribution in [0.5, 0.6) is 5.75 Å². The number of nitrogens with one attached hydrogen (secondary N) is 1. The van der Waals surface area contributed by atoms with E-state index >= 15 is 0 Å². The van der Waals surface area contributed by atoms with Crippen molar-refractivity contribution in [1.82, 2.24) is 14.8 Å². The zero-order valence-electron chi connectivity index (χ0n) is 21.5. The normalized spacial score (nSPS) is 11.0. The van der Waals surface area contributed by atoms with Crippen LogP contribution in [-0.4, -0.2) is 44.4 Å². The van der Waals surface area contributed by atoms with Gasteiger partial charge < -0.3 is 25.1 Å². The van der Waals surface area contributed by atoms with E-state index in [0.717, 1.165) is 23.5 Å². The second kappa shape index (κ2) is 12.7. The van der Waals surface area contributed by atoms with Gasteiger partial charge in [-0.2, -0.15) is 0 Å². The van der Waals surface area contributed by atoms with E-state index in [4.69, 9.17) is 15.2 Å². The van der Waals surface area contributed by atoms with Crippen LogP contribution in [0.2, 0.25) is 0 Å². The summed E-state index contributed by atoms with van der Waals surface area (Å²) in [5.41, 5.74) is 7.19. The zero-order chi connectivity index (χ0) is 27.1. The maximum atomic E-state index is 12.8. The summed E-state index contributed by atoms with van der Waals surface area (Å²) in [5.74, 6) is -0.283. The summed E-state index contributed by atoms with van der Waals surface area (Å²) in [7, 11) is 0. The molecule has 3 N–H and O–H groups in total. The number of rotatable bonds is 12. The maximum absolute atomic E-state index is 12.8. The Morgan fingerprint density at radius 1 is 1.16 bits per heavy atom. The SMILES string of the molecule is CCc1ccc(OCc2nnc(SCC(=O)Nc3sc(C(N)=O)c(C)c3C(=O)OC(C)C)n2CC)cc1. The van der Waals surface area contributed by atoms with E-state index in [9.17, 15) is 14.4 Å².